The fraction of sp³-hybridized carbons (Fsp3) is 0.600. The smallest absolute Gasteiger partial charge is 0.239 e. The SMILES string of the molecule is CN(CC(=O)Nc1cc(C(C)(C)C)nn1C)CC1CCN(CC(O)c2ccccc2)CC1. The average Bonchev–Trinajstić information content (AvgIpc) is 3.10. The molecule has 2 aromatic rings. The molecule has 176 valence electrons. The Morgan fingerprint density at radius 3 is 2.50 bits per heavy atom. The van der Waals surface area contributed by atoms with Gasteiger partial charge in [-0.1, -0.05) is 51.1 Å². The average molecular weight is 442 g/mol. The number of anilines is 1. The summed E-state index contributed by atoms with van der Waals surface area (Å²) in [4.78, 5) is 17.0. The van der Waals surface area contributed by atoms with Crippen LogP contribution in [0.2, 0.25) is 0 Å². The molecule has 1 aromatic carbocycles. The molecule has 3 rings (SSSR count). The first-order valence-electron chi connectivity index (χ1n) is 11.6. The predicted molar refractivity (Wildman–Crippen MR) is 129 cm³/mol. The number of aliphatic hydroxyl groups excluding tert-OH is 1. The van der Waals surface area contributed by atoms with Gasteiger partial charge in [0.25, 0.3) is 0 Å². The molecule has 1 fully saturated rings. The summed E-state index contributed by atoms with van der Waals surface area (Å²) >= 11 is 0. The van der Waals surface area contributed by atoms with Crippen molar-refractivity contribution in [1.82, 2.24) is 19.6 Å². The van der Waals surface area contributed by atoms with Crippen LogP contribution in [0.5, 0.6) is 0 Å². The lowest BCUT2D eigenvalue weighted by Gasteiger charge is -2.34. The Balaban J connectivity index is 1.40. The number of benzene rings is 1. The van der Waals surface area contributed by atoms with Crippen LogP contribution < -0.4 is 5.32 Å². The predicted octanol–water partition coefficient (Wildman–Crippen LogP) is 3.03. The van der Waals surface area contributed by atoms with Crippen molar-refractivity contribution in [2.75, 3.05) is 45.1 Å². The highest BCUT2D eigenvalue weighted by Crippen LogP contribution is 2.24. The Bertz CT molecular complexity index is 866. The van der Waals surface area contributed by atoms with Gasteiger partial charge in [0, 0.05) is 31.6 Å². The highest BCUT2D eigenvalue weighted by atomic mass is 16.3. The molecule has 0 bridgehead atoms. The number of aryl methyl sites for hydroxylation is 1. The molecule has 1 unspecified atom stereocenters. The van der Waals surface area contributed by atoms with Crippen LogP contribution in [0.3, 0.4) is 0 Å². The molecule has 32 heavy (non-hydrogen) atoms. The standard InChI is InChI=1S/C25H39N5O2/c1-25(2,3)22-15-23(29(5)27-22)26-24(32)18-28(4)16-19-11-13-30(14-12-19)17-21(31)20-9-7-6-8-10-20/h6-10,15,19,21,31H,11-14,16-18H2,1-5H3,(H,26,32). The highest BCUT2D eigenvalue weighted by molar-refractivity contribution is 5.91. The van der Waals surface area contributed by atoms with E-state index in [4.69, 9.17) is 0 Å². The van der Waals surface area contributed by atoms with E-state index >= 15 is 0 Å². The van der Waals surface area contributed by atoms with Gasteiger partial charge < -0.3 is 15.3 Å². The number of amides is 1. The van der Waals surface area contributed by atoms with E-state index in [0.29, 0.717) is 19.0 Å². The molecule has 0 radical (unpaired) electrons. The number of hydrogen-bond acceptors (Lipinski definition) is 5. The minimum atomic E-state index is -0.440. The van der Waals surface area contributed by atoms with Crippen molar-refractivity contribution in [3.8, 4) is 0 Å². The fourth-order valence-electron chi connectivity index (χ4n) is 4.26. The molecule has 0 saturated carbocycles. The minimum Gasteiger partial charge on any atom is -0.387 e. The molecule has 0 aliphatic carbocycles. The van der Waals surface area contributed by atoms with Gasteiger partial charge in [-0.25, -0.2) is 0 Å². The van der Waals surface area contributed by atoms with E-state index in [0.717, 1.165) is 49.6 Å². The van der Waals surface area contributed by atoms with Crippen molar-refractivity contribution in [3.05, 3.63) is 47.7 Å². The van der Waals surface area contributed by atoms with E-state index in [2.05, 4.69) is 41.0 Å². The third-order valence-corrected chi connectivity index (χ3v) is 6.22. The molecule has 1 amide bonds. The van der Waals surface area contributed by atoms with Gasteiger partial charge in [0.1, 0.15) is 5.82 Å². The fourth-order valence-corrected chi connectivity index (χ4v) is 4.26. The number of carbonyl (C=O) groups excluding carboxylic acids is 1. The van der Waals surface area contributed by atoms with Crippen molar-refractivity contribution in [2.45, 2.75) is 45.1 Å². The Morgan fingerprint density at radius 1 is 1.25 bits per heavy atom. The largest absolute Gasteiger partial charge is 0.387 e. The van der Waals surface area contributed by atoms with Gasteiger partial charge in [0.15, 0.2) is 0 Å². The summed E-state index contributed by atoms with van der Waals surface area (Å²) in [6.45, 7) is 10.3. The van der Waals surface area contributed by atoms with Crippen LogP contribution in [-0.4, -0.2) is 70.4 Å². The second kappa shape index (κ2) is 10.6. The van der Waals surface area contributed by atoms with Crippen molar-refractivity contribution in [3.63, 3.8) is 0 Å². The Morgan fingerprint density at radius 2 is 1.91 bits per heavy atom. The number of hydrogen-bond donors (Lipinski definition) is 2. The summed E-state index contributed by atoms with van der Waals surface area (Å²) in [5.41, 5.74) is 1.89. The van der Waals surface area contributed by atoms with Gasteiger partial charge in [0.2, 0.25) is 5.91 Å². The zero-order chi connectivity index (χ0) is 23.3. The van der Waals surface area contributed by atoms with Crippen molar-refractivity contribution >= 4 is 11.7 Å². The summed E-state index contributed by atoms with van der Waals surface area (Å²) in [6, 6.07) is 11.8. The van der Waals surface area contributed by atoms with Crippen LogP contribution in [-0.2, 0) is 17.3 Å². The monoisotopic (exact) mass is 441 g/mol. The quantitative estimate of drug-likeness (QED) is 0.659. The van der Waals surface area contributed by atoms with Crippen LogP contribution in [0.1, 0.15) is 51.0 Å². The summed E-state index contributed by atoms with van der Waals surface area (Å²) in [5.74, 6) is 1.29. The van der Waals surface area contributed by atoms with Gasteiger partial charge in [-0.3, -0.25) is 14.4 Å². The lowest BCUT2D eigenvalue weighted by Crippen LogP contribution is -2.41. The number of likely N-dealkylation sites (N-methyl/N-ethyl adjacent to an activating group) is 1. The van der Waals surface area contributed by atoms with Crippen molar-refractivity contribution in [1.29, 1.82) is 0 Å². The van der Waals surface area contributed by atoms with Gasteiger partial charge in [-0.15, -0.1) is 0 Å². The zero-order valence-electron chi connectivity index (χ0n) is 20.2. The number of rotatable bonds is 8. The number of nitrogens with zero attached hydrogens (tertiary/aromatic N) is 4. The van der Waals surface area contributed by atoms with Crippen molar-refractivity contribution < 1.29 is 9.90 Å². The summed E-state index contributed by atoms with van der Waals surface area (Å²) in [7, 11) is 3.87. The highest BCUT2D eigenvalue weighted by Gasteiger charge is 2.24. The van der Waals surface area contributed by atoms with E-state index in [1.807, 2.05) is 50.5 Å². The first kappa shape index (κ1) is 24.4. The number of likely N-dealkylation sites (tertiary alicyclic amines) is 1. The number of aromatic nitrogens is 2. The Kier molecular flexibility index (Phi) is 8.09. The second-order valence-corrected chi connectivity index (χ2v) is 10.2. The van der Waals surface area contributed by atoms with E-state index in [1.165, 1.54) is 0 Å². The molecular formula is C25H39N5O2. The lowest BCUT2D eigenvalue weighted by molar-refractivity contribution is -0.117. The first-order chi connectivity index (χ1) is 15.1. The molecule has 7 heteroatoms. The number of nitrogens with one attached hydrogen (secondary N) is 1. The number of carbonyl (C=O) groups is 1. The maximum Gasteiger partial charge on any atom is 0.239 e. The number of piperidine rings is 1. The molecule has 1 aliphatic heterocycles. The van der Waals surface area contributed by atoms with E-state index < -0.39 is 6.10 Å². The molecule has 2 N–H and O–H groups in total. The summed E-state index contributed by atoms with van der Waals surface area (Å²) in [5, 5.41) is 18.0. The lowest BCUT2D eigenvalue weighted by atomic mass is 9.92. The molecule has 7 nitrogen and oxygen atoms in total. The van der Waals surface area contributed by atoms with Crippen LogP contribution in [0, 0.1) is 5.92 Å². The van der Waals surface area contributed by atoms with E-state index in [9.17, 15) is 9.90 Å². The van der Waals surface area contributed by atoms with Gasteiger partial charge in [-0.2, -0.15) is 5.10 Å². The second-order valence-electron chi connectivity index (χ2n) is 10.2. The first-order valence-corrected chi connectivity index (χ1v) is 11.6. The number of β-amino-alcohol motifs (C(OH)–C–C–N with tert-alkyl or cyclic N) is 1. The molecule has 1 atom stereocenters. The van der Waals surface area contributed by atoms with E-state index in [1.54, 1.807) is 4.68 Å². The van der Waals surface area contributed by atoms with Gasteiger partial charge in [-0.05, 0) is 44.5 Å². The van der Waals surface area contributed by atoms with Crippen molar-refractivity contribution in [2.24, 2.45) is 13.0 Å². The third kappa shape index (κ3) is 6.89. The Hall–Kier alpha value is -2.22. The topological polar surface area (TPSA) is 73.6 Å². The third-order valence-electron chi connectivity index (χ3n) is 6.22. The van der Waals surface area contributed by atoms with Crippen LogP contribution in [0.25, 0.3) is 0 Å². The zero-order valence-corrected chi connectivity index (χ0v) is 20.2. The van der Waals surface area contributed by atoms with E-state index in [-0.39, 0.29) is 11.3 Å². The van der Waals surface area contributed by atoms with Crippen LogP contribution in [0.15, 0.2) is 36.4 Å². The molecular weight excluding hydrogens is 402 g/mol. The summed E-state index contributed by atoms with van der Waals surface area (Å²) < 4.78 is 1.73. The summed E-state index contributed by atoms with van der Waals surface area (Å²) in [6.07, 6.45) is 1.73. The normalized spacial score (nSPS) is 17.0. The van der Waals surface area contributed by atoms with Gasteiger partial charge >= 0.3 is 0 Å². The molecule has 1 saturated heterocycles. The maximum absolute atomic E-state index is 12.6. The van der Waals surface area contributed by atoms with Gasteiger partial charge in [0.05, 0.1) is 18.3 Å². The molecule has 2 heterocycles. The maximum atomic E-state index is 12.6. The molecule has 1 aliphatic rings. The van der Waals surface area contributed by atoms with Crippen LogP contribution in [0.4, 0.5) is 5.82 Å². The number of aliphatic hydroxyl groups is 1. The van der Waals surface area contributed by atoms with Crippen LogP contribution >= 0.6 is 0 Å². The molecule has 0 spiro atoms. The Labute approximate surface area is 192 Å². The molecule has 1 aromatic heterocycles. The minimum absolute atomic E-state index is 0.0145.